The number of nitriles is 1. The summed E-state index contributed by atoms with van der Waals surface area (Å²) in [6, 6.07) is 20.2. The molecule has 2 aromatic carbocycles. The Morgan fingerprint density at radius 3 is 2.59 bits per heavy atom. The molecule has 0 radical (unpaired) electrons. The molecule has 0 aliphatic carbocycles. The molecule has 8 nitrogen and oxygen atoms in total. The van der Waals surface area contributed by atoms with Crippen LogP contribution in [0, 0.1) is 17.1 Å². The van der Waals surface area contributed by atoms with Gasteiger partial charge in [-0.1, -0.05) is 43.7 Å². The van der Waals surface area contributed by atoms with Crippen molar-refractivity contribution >= 4 is 17.5 Å². The Morgan fingerprint density at radius 2 is 1.93 bits per heavy atom. The highest BCUT2D eigenvalue weighted by Crippen LogP contribution is 2.27. The lowest BCUT2D eigenvalue weighted by atomic mass is 10.0. The molecule has 0 fully saturated rings. The Morgan fingerprint density at radius 1 is 1.10 bits per heavy atom. The fourth-order valence-corrected chi connectivity index (χ4v) is 4.74. The van der Waals surface area contributed by atoms with E-state index in [-0.39, 0.29) is 12.1 Å². The number of benzene rings is 2. The van der Waals surface area contributed by atoms with Crippen molar-refractivity contribution < 1.29 is 9.18 Å². The third-order valence-electron chi connectivity index (χ3n) is 6.88. The first-order valence-electron chi connectivity index (χ1n) is 14.0. The second kappa shape index (κ2) is 14.6. The summed E-state index contributed by atoms with van der Waals surface area (Å²) in [5.41, 5.74) is 3.15. The van der Waals surface area contributed by atoms with E-state index in [4.69, 9.17) is 5.26 Å². The average molecular weight is 554 g/mol. The third-order valence-corrected chi connectivity index (χ3v) is 6.88. The standard InChI is InChI=1S/C32H36FN7O/c1-3-9-27(38-31-16-13-25(19-34)21-35-31)12-7-8-17-40(32(41)36-20-24-10-5-4-6-11-24)28-14-15-29(30(33)18-28)26-22-37-39(2)23-26/h4-6,10-11,13-16,18,21-23,27H,3,7-9,12,17,20H2,1-2H3,(H,35,38)(H,36,41)/t27-/m1/s1. The molecule has 2 heterocycles. The van der Waals surface area contributed by atoms with Crippen molar-refractivity contribution in [3.8, 4) is 17.2 Å². The molecule has 0 unspecified atom stereocenters. The zero-order valence-electron chi connectivity index (χ0n) is 23.6. The minimum atomic E-state index is -0.404. The average Bonchev–Trinajstić information content (AvgIpc) is 3.42. The summed E-state index contributed by atoms with van der Waals surface area (Å²) in [5, 5.41) is 19.6. The van der Waals surface area contributed by atoms with E-state index in [1.165, 1.54) is 6.07 Å². The van der Waals surface area contributed by atoms with E-state index in [0.717, 1.165) is 43.5 Å². The maximum absolute atomic E-state index is 15.2. The molecule has 0 aliphatic rings. The van der Waals surface area contributed by atoms with E-state index in [9.17, 15) is 4.79 Å². The minimum Gasteiger partial charge on any atom is -0.367 e. The van der Waals surface area contributed by atoms with Gasteiger partial charge >= 0.3 is 6.03 Å². The van der Waals surface area contributed by atoms with E-state index < -0.39 is 5.82 Å². The maximum atomic E-state index is 15.2. The fourth-order valence-electron chi connectivity index (χ4n) is 4.74. The molecule has 9 heteroatoms. The van der Waals surface area contributed by atoms with Crippen molar-refractivity contribution in [1.29, 1.82) is 5.26 Å². The first kappa shape index (κ1) is 29.3. The number of rotatable bonds is 13. The van der Waals surface area contributed by atoms with Crippen LogP contribution >= 0.6 is 0 Å². The van der Waals surface area contributed by atoms with E-state index >= 15 is 4.39 Å². The summed E-state index contributed by atoms with van der Waals surface area (Å²) in [5.74, 6) is 0.340. The fraction of sp³-hybridized carbons (Fsp3) is 0.312. The van der Waals surface area contributed by atoms with Gasteiger partial charge in [0.1, 0.15) is 17.7 Å². The number of carbonyl (C=O) groups is 1. The van der Waals surface area contributed by atoms with Gasteiger partial charge < -0.3 is 10.6 Å². The molecule has 4 aromatic rings. The van der Waals surface area contributed by atoms with Crippen LogP contribution < -0.4 is 15.5 Å². The molecule has 41 heavy (non-hydrogen) atoms. The van der Waals surface area contributed by atoms with Gasteiger partial charge in [0.2, 0.25) is 0 Å². The Kier molecular flexibility index (Phi) is 10.4. The Hall–Kier alpha value is -4.71. The van der Waals surface area contributed by atoms with Crippen LogP contribution in [0.1, 0.15) is 50.2 Å². The van der Waals surface area contributed by atoms with Crippen molar-refractivity contribution in [2.24, 2.45) is 7.05 Å². The van der Waals surface area contributed by atoms with E-state index in [2.05, 4.69) is 33.7 Å². The smallest absolute Gasteiger partial charge is 0.322 e. The zero-order valence-corrected chi connectivity index (χ0v) is 23.6. The molecule has 0 spiro atoms. The number of anilines is 2. The zero-order chi connectivity index (χ0) is 29.0. The van der Waals surface area contributed by atoms with Gasteiger partial charge in [0, 0.05) is 55.4 Å². The van der Waals surface area contributed by atoms with Crippen LogP contribution in [-0.4, -0.2) is 33.4 Å². The molecule has 0 saturated carbocycles. The second-order valence-electron chi connectivity index (χ2n) is 10.0. The van der Waals surface area contributed by atoms with E-state index in [1.807, 2.05) is 36.4 Å². The number of hydrogen-bond acceptors (Lipinski definition) is 5. The van der Waals surface area contributed by atoms with Crippen LogP contribution in [0.2, 0.25) is 0 Å². The molecular weight excluding hydrogens is 517 g/mol. The molecule has 0 bridgehead atoms. The number of carbonyl (C=O) groups excluding carboxylic acids is 1. The molecule has 1 atom stereocenters. The molecule has 4 rings (SSSR count). The summed E-state index contributed by atoms with van der Waals surface area (Å²) < 4.78 is 16.9. The van der Waals surface area contributed by atoms with Crippen molar-refractivity contribution in [2.75, 3.05) is 16.8 Å². The predicted octanol–water partition coefficient (Wildman–Crippen LogP) is 6.66. The number of unbranched alkanes of at least 4 members (excludes halogenated alkanes) is 1. The summed E-state index contributed by atoms with van der Waals surface area (Å²) in [4.78, 5) is 19.3. The minimum absolute atomic E-state index is 0.219. The van der Waals surface area contributed by atoms with Crippen molar-refractivity contribution in [3.05, 3.63) is 96.2 Å². The van der Waals surface area contributed by atoms with E-state index in [0.29, 0.717) is 35.5 Å². The first-order chi connectivity index (χ1) is 20.0. The summed E-state index contributed by atoms with van der Waals surface area (Å²) in [7, 11) is 1.79. The van der Waals surface area contributed by atoms with Crippen LogP contribution in [0.5, 0.6) is 0 Å². The largest absolute Gasteiger partial charge is 0.367 e. The van der Waals surface area contributed by atoms with Gasteiger partial charge in [-0.25, -0.2) is 14.2 Å². The lowest BCUT2D eigenvalue weighted by Crippen LogP contribution is -2.40. The second-order valence-corrected chi connectivity index (χ2v) is 10.0. The highest BCUT2D eigenvalue weighted by Gasteiger charge is 2.18. The lowest BCUT2D eigenvalue weighted by molar-refractivity contribution is 0.245. The molecule has 0 aliphatic heterocycles. The Labute approximate surface area is 240 Å². The Balaban J connectivity index is 1.42. The number of aromatic nitrogens is 3. The van der Waals surface area contributed by atoms with Crippen LogP contribution in [0.4, 0.5) is 20.7 Å². The van der Waals surface area contributed by atoms with Crippen LogP contribution in [0.3, 0.4) is 0 Å². The van der Waals surface area contributed by atoms with Gasteiger partial charge in [-0.15, -0.1) is 0 Å². The number of hydrogen-bond donors (Lipinski definition) is 2. The van der Waals surface area contributed by atoms with Crippen molar-refractivity contribution in [3.63, 3.8) is 0 Å². The molecule has 2 aromatic heterocycles. The van der Waals surface area contributed by atoms with Crippen LogP contribution in [-0.2, 0) is 13.6 Å². The number of amides is 2. The molecule has 2 N–H and O–H groups in total. The number of urea groups is 1. The molecule has 2 amide bonds. The first-order valence-corrected chi connectivity index (χ1v) is 14.0. The van der Waals surface area contributed by atoms with Crippen LogP contribution in [0.15, 0.2) is 79.3 Å². The molecular formula is C32H36FN7O. The summed E-state index contributed by atoms with van der Waals surface area (Å²) >= 11 is 0. The predicted molar refractivity (Wildman–Crippen MR) is 160 cm³/mol. The molecule has 0 saturated heterocycles. The monoisotopic (exact) mass is 553 g/mol. The summed E-state index contributed by atoms with van der Waals surface area (Å²) in [6.07, 6.45) is 9.45. The van der Waals surface area contributed by atoms with Crippen molar-refractivity contribution in [2.45, 2.75) is 51.6 Å². The molecule has 212 valence electrons. The SMILES string of the molecule is CCC[C@H](CCCCN(C(=O)NCc1ccccc1)c1ccc(-c2cnn(C)c2)c(F)c1)Nc1ccc(C#N)cn1. The van der Waals surface area contributed by atoms with Gasteiger partial charge in [0.05, 0.1) is 11.8 Å². The normalized spacial score (nSPS) is 11.5. The number of halogens is 1. The highest BCUT2D eigenvalue weighted by atomic mass is 19.1. The summed E-state index contributed by atoms with van der Waals surface area (Å²) in [6.45, 7) is 2.97. The third kappa shape index (κ3) is 8.39. The van der Waals surface area contributed by atoms with Gasteiger partial charge in [-0.05, 0) is 61.6 Å². The van der Waals surface area contributed by atoms with Gasteiger partial charge in [0.25, 0.3) is 0 Å². The quantitative estimate of drug-likeness (QED) is 0.180. The highest BCUT2D eigenvalue weighted by molar-refractivity contribution is 5.92. The Bertz CT molecular complexity index is 1450. The number of aryl methyl sites for hydroxylation is 1. The van der Waals surface area contributed by atoms with Gasteiger partial charge in [-0.3, -0.25) is 9.58 Å². The van der Waals surface area contributed by atoms with E-state index in [1.54, 1.807) is 53.4 Å². The number of nitrogens with one attached hydrogen (secondary N) is 2. The number of nitrogens with zero attached hydrogens (tertiary/aromatic N) is 5. The lowest BCUT2D eigenvalue weighted by Gasteiger charge is -2.25. The van der Waals surface area contributed by atoms with Crippen molar-refractivity contribution in [1.82, 2.24) is 20.1 Å². The maximum Gasteiger partial charge on any atom is 0.322 e. The van der Waals surface area contributed by atoms with Gasteiger partial charge in [0.15, 0.2) is 0 Å². The van der Waals surface area contributed by atoms with Gasteiger partial charge in [-0.2, -0.15) is 10.4 Å². The topological polar surface area (TPSA) is 98.9 Å². The number of pyridine rings is 1. The van der Waals surface area contributed by atoms with Crippen LogP contribution in [0.25, 0.3) is 11.1 Å².